The molecule has 0 radical (unpaired) electrons. The Bertz CT molecular complexity index is 519. The molecule has 1 aromatic heterocycles. The zero-order valence-electron chi connectivity index (χ0n) is 9.11. The number of hydrogen-bond acceptors (Lipinski definition) is 4. The highest BCUT2D eigenvalue weighted by atomic mass is 16.6. The summed E-state index contributed by atoms with van der Waals surface area (Å²) in [5.41, 5.74) is 7.34. The van der Waals surface area contributed by atoms with Gasteiger partial charge < -0.3 is 5.73 Å². The molecule has 0 amide bonds. The molecule has 0 aliphatic carbocycles. The molecule has 2 aromatic rings. The van der Waals surface area contributed by atoms with Gasteiger partial charge in [0.25, 0.3) is 5.69 Å². The highest BCUT2D eigenvalue weighted by Crippen LogP contribution is 2.21. The molecule has 0 fully saturated rings. The first-order valence-electron chi connectivity index (χ1n) is 5.18. The molecule has 17 heavy (non-hydrogen) atoms. The van der Waals surface area contributed by atoms with Crippen molar-refractivity contribution in [1.29, 1.82) is 0 Å². The molecule has 0 saturated carbocycles. The minimum Gasteiger partial charge on any atom is -0.329 e. The largest absolute Gasteiger partial charge is 0.329 e. The molecule has 0 atom stereocenters. The number of nitro benzene ring substituents is 1. The van der Waals surface area contributed by atoms with E-state index in [1.165, 1.54) is 12.1 Å². The standard InChI is InChI=1S/C11H12N4O2/c12-5-6-14-8-10(7-13-14)9-1-3-11(4-2-9)15(16)17/h1-4,7-8H,5-6,12H2. The number of nitrogens with zero attached hydrogens (tertiary/aromatic N) is 3. The van der Waals surface area contributed by atoms with Crippen LogP contribution in [0.3, 0.4) is 0 Å². The maximum atomic E-state index is 10.5. The fourth-order valence-electron chi connectivity index (χ4n) is 1.54. The molecule has 2 rings (SSSR count). The molecule has 0 bridgehead atoms. The third-order valence-electron chi connectivity index (χ3n) is 2.40. The Morgan fingerprint density at radius 2 is 2.00 bits per heavy atom. The lowest BCUT2D eigenvalue weighted by atomic mass is 10.1. The Morgan fingerprint density at radius 3 is 2.59 bits per heavy atom. The van der Waals surface area contributed by atoms with Crippen LogP contribution in [0.2, 0.25) is 0 Å². The van der Waals surface area contributed by atoms with E-state index >= 15 is 0 Å². The summed E-state index contributed by atoms with van der Waals surface area (Å²) in [6, 6.07) is 6.38. The van der Waals surface area contributed by atoms with Gasteiger partial charge in [-0.2, -0.15) is 5.10 Å². The summed E-state index contributed by atoms with van der Waals surface area (Å²) < 4.78 is 1.75. The monoisotopic (exact) mass is 232 g/mol. The highest BCUT2D eigenvalue weighted by Gasteiger charge is 2.06. The summed E-state index contributed by atoms with van der Waals surface area (Å²) in [6.07, 6.45) is 3.59. The maximum Gasteiger partial charge on any atom is 0.269 e. The molecule has 6 nitrogen and oxygen atoms in total. The zero-order valence-corrected chi connectivity index (χ0v) is 9.11. The van der Waals surface area contributed by atoms with Crippen molar-refractivity contribution in [3.8, 4) is 11.1 Å². The first kappa shape index (κ1) is 11.3. The number of nitro groups is 1. The van der Waals surface area contributed by atoms with Crippen molar-refractivity contribution in [2.45, 2.75) is 6.54 Å². The molecule has 0 aliphatic rings. The third kappa shape index (κ3) is 2.48. The van der Waals surface area contributed by atoms with Crippen LogP contribution in [0.5, 0.6) is 0 Å². The molecule has 2 N–H and O–H groups in total. The van der Waals surface area contributed by atoms with Gasteiger partial charge in [-0.3, -0.25) is 14.8 Å². The van der Waals surface area contributed by atoms with Crippen LogP contribution in [0.4, 0.5) is 5.69 Å². The number of benzene rings is 1. The van der Waals surface area contributed by atoms with E-state index in [1.54, 1.807) is 23.0 Å². The lowest BCUT2D eigenvalue weighted by molar-refractivity contribution is -0.384. The summed E-state index contributed by atoms with van der Waals surface area (Å²) >= 11 is 0. The molecule has 88 valence electrons. The van der Waals surface area contributed by atoms with Crippen molar-refractivity contribution in [3.63, 3.8) is 0 Å². The van der Waals surface area contributed by atoms with Crippen LogP contribution in [0.1, 0.15) is 0 Å². The first-order chi connectivity index (χ1) is 8.20. The SMILES string of the molecule is NCCn1cc(-c2ccc([N+](=O)[O-])cc2)cn1. The minimum atomic E-state index is -0.415. The topological polar surface area (TPSA) is 87.0 Å². The van der Waals surface area contributed by atoms with Gasteiger partial charge in [0, 0.05) is 30.4 Å². The van der Waals surface area contributed by atoms with Gasteiger partial charge in [-0.15, -0.1) is 0 Å². The van der Waals surface area contributed by atoms with Gasteiger partial charge in [0.2, 0.25) is 0 Å². The van der Waals surface area contributed by atoms with Gasteiger partial charge in [0.05, 0.1) is 17.7 Å². The molecule has 0 unspecified atom stereocenters. The second kappa shape index (κ2) is 4.75. The Morgan fingerprint density at radius 1 is 1.29 bits per heavy atom. The van der Waals surface area contributed by atoms with Gasteiger partial charge in [0.1, 0.15) is 0 Å². The van der Waals surface area contributed by atoms with E-state index < -0.39 is 4.92 Å². The van der Waals surface area contributed by atoms with Crippen molar-refractivity contribution in [1.82, 2.24) is 9.78 Å². The van der Waals surface area contributed by atoms with Crippen LogP contribution in [0.15, 0.2) is 36.7 Å². The summed E-state index contributed by atoms with van der Waals surface area (Å²) in [5, 5.41) is 14.7. The molecule has 0 saturated heterocycles. The van der Waals surface area contributed by atoms with Crippen LogP contribution >= 0.6 is 0 Å². The third-order valence-corrected chi connectivity index (χ3v) is 2.40. The molecular weight excluding hydrogens is 220 g/mol. The number of aromatic nitrogens is 2. The predicted molar refractivity (Wildman–Crippen MR) is 63.4 cm³/mol. The van der Waals surface area contributed by atoms with Crippen LogP contribution in [-0.2, 0) is 6.54 Å². The Kier molecular flexibility index (Phi) is 3.15. The number of nitrogens with two attached hydrogens (primary N) is 1. The first-order valence-corrected chi connectivity index (χ1v) is 5.18. The number of non-ortho nitro benzene ring substituents is 1. The van der Waals surface area contributed by atoms with E-state index in [4.69, 9.17) is 5.73 Å². The van der Waals surface area contributed by atoms with Crippen LogP contribution < -0.4 is 5.73 Å². The Hall–Kier alpha value is -2.21. The number of hydrogen-bond donors (Lipinski definition) is 1. The molecule has 1 heterocycles. The van der Waals surface area contributed by atoms with Gasteiger partial charge in [-0.1, -0.05) is 0 Å². The van der Waals surface area contributed by atoms with E-state index in [9.17, 15) is 10.1 Å². The van der Waals surface area contributed by atoms with Crippen LogP contribution in [0.25, 0.3) is 11.1 Å². The fraction of sp³-hybridized carbons (Fsp3) is 0.182. The summed E-state index contributed by atoms with van der Waals surface area (Å²) in [6.45, 7) is 1.19. The van der Waals surface area contributed by atoms with Crippen molar-refractivity contribution in [2.75, 3.05) is 6.54 Å². The number of rotatable bonds is 4. The summed E-state index contributed by atoms with van der Waals surface area (Å²) in [7, 11) is 0. The van der Waals surface area contributed by atoms with Crippen molar-refractivity contribution in [3.05, 3.63) is 46.8 Å². The molecule has 0 spiro atoms. The smallest absolute Gasteiger partial charge is 0.269 e. The normalized spacial score (nSPS) is 10.4. The second-order valence-electron chi connectivity index (χ2n) is 3.58. The summed E-state index contributed by atoms with van der Waals surface area (Å²) in [4.78, 5) is 10.1. The van der Waals surface area contributed by atoms with Crippen LogP contribution in [0, 0.1) is 10.1 Å². The average Bonchev–Trinajstić information content (AvgIpc) is 2.78. The quantitative estimate of drug-likeness (QED) is 0.637. The second-order valence-corrected chi connectivity index (χ2v) is 3.58. The van der Waals surface area contributed by atoms with E-state index in [0.717, 1.165) is 11.1 Å². The van der Waals surface area contributed by atoms with E-state index in [2.05, 4.69) is 5.10 Å². The Balaban J connectivity index is 2.23. The van der Waals surface area contributed by atoms with Gasteiger partial charge in [-0.05, 0) is 17.7 Å². The lowest BCUT2D eigenvalue weighted by Gasteiger charge is -1.97. The fourth-order valence-corrected chi connectivity index (χ4v) is 1.54. The zero-order chi connectivity index (χ0) is 12.3. The maximum absolute atomic E-state index is 10.5. The average molecular weight is 232 g/mol. The lowest BCUT2D eigenvalue weighted by Crippen LogP contribution is -2.09. The van der Waals surface area contributed by atoms with Crippen molar-refractivity contribution in [2.24, 2.45) is 5.73 Å². The van der Waals surface area contributed by atoms with Gasteiger partial charge in [-0.25, -0.2) is 0 Å². The molecule has 0 aliphatic heterocycles. The van der Waals surface area contributed by atoms with Crippen molar-refractivity contribution >= 4 is 5.69 Å². The minimum absolute atomic E-state index is 0.0862. The highest BCUT2D eigenvalue weighted by molar-refractivity contribution is 5.63. The molecular formula is C11H12N4O2. The van der Waals surface area contributed by atoms with Gasteiger partial charge in [0.15, 0.2) is 0 Å². The predicted octanol–water partition coefficient (Wildman–Crippen LogP) is 1.42. The van der Waals surface area contributed by atoms with Gasteiger partial charge >= 0.3 is 0 Å². The van der Waals surface area contributed by atoms with Crippen LogP contribution in [-0.4, -0.2) is 21.2 Å². The van der Waals surface area contributed by atoms with E-state index in [0.29, 0.717) is 13.1 Å². The van der Waals surface area contributed by atoms with E-state index in [-0.39, 0.29) is 5.69 Å². The molecule has 1 aromatic carbocycles. The molecule has 6 heteroatoms. The van der Waals surface area contributed by atoms with E-state index in [1.807, 2.05) is 6.20 Å². The summed E-state index contributed by atoms with van der Waals surface area (Å²) in [5.74, 6) is 0. The Labute approximate surface area is 97.8 Å². The van der Waals surface area contributed by atoms with Crippen molar-refractivity contribution < 1.29 is 4.92 Å².